The van der Waals surface area contributed by atoms with Gasteiger partial charge in [0.25, 0.3) is 0 Å². The summed E-state index contributed by atoms with van der Waals surface area (Å²) in [5.74, 6) is -0.680. The lowest BCUT2D eigenvalue weighted by Gasteiger charge is -2.18. The highest BCUT2D eigenvalue weighted by Gasteiger charge is 2.20. The second-order valence-electron chi connectivity index (χ2n) is 5.77. The third-order valence-electron chi connectivity index (χ3n) is 4.06. The molecule has 128 valence electrons. The number of benzene rings is 2. The third-order valence-corrected chi connectivity index (χ3v) is 4.69. The van der Waals surface area contributed by atoms with Crippen LogP contribution in [0.4, 0.5) is 4.39 Å². The van der Waals surface area contributed by atoms with Gasteiger partial charge in [-0.2, -0.15) is 0 Å². The van der Waals surface area contributed by atoms with Gasteiger partial charge < -0.3 is 5.32 Å². The maximum absolute atomic E-state index is 14.3. The first-order chi connectivity index (χ1) is 12.2. The summed E-state index contributed by atoms with van der Waals surface area (Å²) in [6, 6.07) is 16.2. The fraction of sp³-hybridized carbons (Fsp3) is 0.200. The van der Waals surface area contributed by atoms with Gasteiger partial charge in [0.1, 0.15) is 5.82 Å². The van der Waals surface area contributed by atoms with Crippen LogP contribution in [0.5, 0.6) is 0 Å². The van der Waals surface area contributed by atoms with E-state index in [0.29, 0.717) is 18.5 Å². The molecule has 3 rings (SSSR count). The number of aromatic nitrogens is 1. The van der Waals surface area contributed by atoms with Crippen molar-refractivity contribution < 1.29 is 9.18 Å². The highest BCUT2D eigenvalue weighted by Crippen LogP contribution is 2.29. The van der Waals surface area contributed by atoms with E-state index in [9.17, 15) is 9.18 Å². The maximum Gasteiger partial charge on any atom is 0.220 e. The van der Waals surface area contributed by atoms with Gasteiger partial charge >= 0.3 is 0 Å². The highest BCUT2D eigenvalue weighted by atomic mass is 32.1. The zero-order valence-electron chi connectivity index (χ0n) is 13.7. The van der Waals surface area contributed by atoms with Gasteiger partial charge in [-0.3, -0.25) is 4.79 Å². The second-order valence-corrected chi connectivity index (χ2v) is 6.49. The van der Waals surface area contributed by atoms with Gasteiger partial charge in [0, 0.05) is 30.7 Å². The second kappa shape index (κ2) is 8.53. The quantitative estimate of drug-likeness (QED) is 0.692. The Hall–Kier alpha value is -2.53. The molecule has 0 fully saturated rings. The molecule has 1 atom stereocenters. The summed E-state index contributed by atoms with van der Waals surface area (Å²) in [4.78, 5) is 16.6. The Kier molecular flexibility index (Phi) is 5.90. The Morgan fingerprint density at radius 1 is 1.12 bits per heavy atom. The van der Waals surface area contributed by atoms with Crippen LogP contribution in [0, 0.1) is 5.82 Å². The molecule has 0 radical (unpaired) electrons. The average Bonchev–Trinajstić information content (AvgIpc) is 3.15. The molecule has 0 aliphatic rings. The standard InChI is InChI=1S/C20H19FN2OS/c21-19-9-5-4-8-17(19)18(15-6-2-1-3-7-15)12-20(24)22-11-10-16-13-25-14-23-16/h1-9,13-14,18H,10-12H2,(H,22,24). The predicted octanol–water partition coefficient (Wildman–Crippen LogP) is 4.16. The van der Waals surface area contributed by atoms with E-state index in [4.69, 9.17) is 0 Å². The largest absolute Gasteiger partial charge is 0.356 e. The molecule has 0 saturated carbocycles. The van der Waals surface area contributed by atoms with E-state index in [1.54, 1.807) is 23.7 Å². The van der Waals surface area contributed by atoms with Crippen molar-refractivity contribution in [2.75, 3.05) is 6.54 Å². The van der Waals surface area contributed by atoms with E-state index in [2.05, 4.69) is 10.3 Å². The number of thiazole rings is 1. The van der Waals surface area contributed by atoms with E-state index in [-0.39, 0.29) is 24.1 Å². The Balaban J connectivity index is 1.69. The summed E-state index contributed by atoms with van der Waals surface area (Å²) in [6.07, 6.45) is 0.910. The molecule has 0 bridgehead atoms. The van der Waals surface area contributed by atoms with Crippen LogP contribution in [0.3, 0.4) is 0 Å². The van der Waals surface area contributed by atoms with Crippen molar-refractivity contribution in [3.63, 3.8) is 0 Å². The van der Waals surface area contributed by atoms with Crippen LogP contribution in [0.2, 0.25) is 0 Å². The zero-order valence-corrected chi connectivity index (χ0v) is 14.5. The van der Waals surface area contributed by atoms with Crippen LogP contribution in [0.25, 0.3) is 0 Å². The van der Waals surface area contributed by atoms with E-state index in [1.165, 1.54) is 17.4 Å². The van der Waals surface area contributed by atoms with Crippen molar-refractivity contribution in [1.29, 1.82) is 0 Å². The summed E-state index contributed by atoms with van der Waals surface area (Å²) in [7, 11) is 0. The maximum atomic E-state index is 14.3. The lowest BCUT2D eigenvalue weighted by Crippen LogP contribution is -2.27. The van der Waals surface area contributed by atoms with Crippen LogP contribution >= 0.6 is 11.3 Å². The summed E-state index contributed by atoms with van der Waals surface area (Å²) in [5, 5.41) is 4.88. The molecule has 1 unspecified atom stereocenters. The van der Waals surface area contributed by atoms with Crippen molar-refractivity contribution in [1.82, 2.24) is 10.3 Å². The molecule has 3 aromatic rings. The third kappa shape index (κ3) is 4.73. The monoisotopic (exact) mass is 354 g/mol. The fourth-order valence-corrected chi connectivity index (χ4v) is 3.39. The summed E-state index contributed by atoms with van der Waals surface area (Å²) < 4.78 is 14.3. The molecule has 2 aromatic carbocycles. The molecule has 1 N–H and O–H groups in total. The van der Waals surface area contributed by atoms with Crippen LogP contribution in [-0.2, 0) is 11.2 Å². The highest BCUT2D eigenvalue weighted by molar-refractivity contribution is 7.07. The molecular formula is C20H19FN2OS. The minimum Gasteiger partial charge on any atom is -0.356 e. The minimum absolute atomic E-state index is 0.0904. The Morgan fingerprint density at radius 2 is 1.88 bits per heavy atom. The van der Waals surface area contributed by atoms with Gasteiger partial charge in [0.15, 0.2) is 0 Å². The van der Waals surface area contributed by atoms with E-state index in [0.717, 1.165) is 11.3 Å². The first kappa shape index (κ1) is 17.3. The molecule has 5 heteroatoms. The lowest BCUT2D eigenvalue weighted by molar-refractivity contribution is -0.121. The number of amides is 1. The SMILES string of the molecule is O=C(CC(c1ccccc1)c1ccccc1F)NCCc1cscn1. The van der Waals surface area contributed by atoms with Crippen molar-refractivity contribution in [2.24, 2.45) is 0 Å². The minimum atomic E-state index is -0.304. The van der Waals surface area contributed by atoms with Crippen LogP contribution in [-0.4, -0.2) is 17.4 Å². The average molecular weight is 354 g/mol. The number of nitrogens with one attached hydrogen (secondary N) is 1. The number of hydrogen-bond acceptors (Lipinski definition) is 3. The summed E-state index contributed by atoms with van der Waals surface area (Å²) >= 11 is 1.54. The van der Waals surface area contributed by atoms with Crippen LogP contribution in [0.1, 0.15) is 29.2 Å². The van der Waals surface area contributed by atoms with Crippen molar-refractivity contribution >= 4 is 17.2 Å². The Labute approximate surface area is 150 Å². The zero-order chi connectivity index (χ0) is 17.5. The number of rotatable bonds is 7. The molecule has 3 nitrogen and oxygen atoms in total. The first-order valence-electron chi connectivity index (χ1n) is 8.17. The summed E-state index contributed by atoms with van der Waals surface area (Å²) in [5.41, 5.74) is 4.23. The lowest BCUT2D eigenvalue weighted by atomic mass is 9.88. The van der Waals surface area contributed by atoms with Crippen molar-refractivity contribution in [3.05, 3.63) is 88.1 Å². The van der Waals surface area contributed by atoms with Gasteiger partial charge in [-0.25, -0.2) is 9.37 Å². The number of carbonyl (C=O) groups is 1. The van der Waals surface area contributed by atoms with Crippen LogP contribution in [0.15, 0.2) is 65.5 Å². The van der Waals surface area contributed by atoms with Crippen LogP contribution < -0.4 is 5.32 Å². The predicted molar refractivity (Wildman–Crippen MR) is 98.1 cm³/mol. The van der Waals surface area contributed by atoms with Gasteiger partial charge in [-0.05, 0) is 17.2 Å². The topological polar surface area (TPSA) is 42.0 Å². The van der Waals surface area contributed by atoms with Gasteiger partial charge in [-0.1, -0.05) is 48.5 Å². The Bertz CT molecular complexity index is 806. The van der Waals surface area contributed by atoms with Crippen molar-refractivity contribution in [2.45, 2.75) is 18.8 Å². The van der Waals surface area contributed by atoms with E-state index >= 15 is 0 Å². The van der Waals surface area contributed by atoms with E-state index in [1.807, 2.05) is 35.7 Å². The number of nitrogens with zero attached hydrogens (tertiary/aromatic N) is 1. The molecule has 0 aliphatic heterocycles. The number of hydrogen-bond donors (Lipinski definition) is 1. The smallest absolute Gasteiger partial charge is 0.220 e. The van der Waals surface area contributed by atoms with Gasteiger partial charge in [0.2, 0.25) is 5.91 Å². The number of carbonyl (C=O) groups excluding carboxylic acids is 1. The van der Waals surface area contributed by atoms with Gasteiger partial charge in [0.05, 0.1) is 11.2 Å². The van der Waals surface area contributed by atoms with E-state index < -0.39 is 0 Å². The molecule has 0 aliphatic carbocycles. The van der Waals surface area contributed by atoms with Crippen molar-refractivity contribution in [3.8, 4) is 0 Å². The molecule has 1 heterocycles. The molecule has 1 amide bonds. The molecular weight excluding hydrogens is 335 g/mol. The normalized spacial score (nSPS) is 11.9. The van der Waals surface area contributed by atoms with Gasteiger partial charge in [-0.15, -0.1) is 11.3 Å². The fourth-order valence-electron chi connectivity index (χ4n) is 2.80. The first-order valence-corrected chi connectivity index (χ1v) is 9.11. The molecule has 0 spiro atoms. The Morgan fingerprint density at radius 3 is 2.60 bits per heavy atom. The molecule has 0 saturated heterocycles. The molecule has 25 heavy (non-hydrogen) atoms. The number of halogens is 1. The summed E-state index contributed by atoms with van der Waals surface area (Å²) in [6.45, 7) is 0.529. The molecule has 1 aromatic heterocycles.